The van der Waals surface area contributed by atoms with Crippen LogP contribution in [0, 0.1) is 16.7 Å². The Labute approximate surface area is 225 Å². The zero-order chi connectivity index (χ0) is 28.2. The van der Waals surface area contributed by atoms with Crippen LogP contribution in [0.4, 0.5) is 0 Å². The Hall–Kier alpha value is -2.80. The van der Waals surface area contributed by atoms with Gasteiger partial charge in [-0.3, -0.25) is 24.0 Å². The summed E-state index contributed by atoms with van der Waals surface area (Å²) in [7, 11) is 0. The number of carbonyl (C=O) groups excluding carboxylic acids is 4. The predicted molar refractivity (Wildman–Crippen MR) is 144 cm³/mol. The average molecular weight is 524 g/mol. The van der Waals surface area contributed by atoms with Crippen LogP contribution in [0.5, 0.6) is 0 Å². The Balaban J connectivity index is 2.03. The van der Waals surface area contributed by atoms with Gasteiger partial charge in [-0.15, -0.1) is 0 Å². The van der Waals surface area contributed by atoms with Gasteiger partial charge in [0.1, 0.15) is 23.2 Å². The van der Waals surface area contributed by atoms with E-state index in [1.807, 2.05) is 41.5 Å². The van der Waals surface area contributed by atoms with Crippen LogP contribution >= 0.6 is 0 Å². The molecule has 2 heterocycles. The molecule has 1 N–H and O–H groups in total. The standard InChI is InChI=1S/C31H41NO6/c1-17(33)23-28(36)24(18-15-19(30(2,3)4)27(35)20(16-18)31(5,6)7)26-25-21(34)13-11-9-8-10-12-14-22(25)38-32(26)29(23)37/h15-16,22,25-26,36H,8-14H2,1-7H3/t22-,25+,26-/m1/s1. The van der Waals surface area contributed by atoms with Crippen LogP contribution in [0.1, 0.15) is 93.4 Å². The number of rotatable bonds is 1. The van der Waals surface area contributed by atoms with E-state index in [2.05, 4.69) is 0 Å². The molecule has 4 rings (SSSR count). The molecule has 2 fully saturated rings. The van der Waals surface area contributed by atoms with Crippen molar-refractivity contribution >= 4 is 23.3 Å². The lowest BCUT2D eigenvalue weighted by Gasteiger charge is -2.36. The number of hydroxylamine groups is 2. The molecular weight excluding hydrogens is 482 g/mol. The van der Waals surface area contributed by atoms with Crippen molar-refractivity contribution in [3.8, 4) is 0 Å². The monoisotopic (exact) mass is 523 g/mol. The van der Waals surface area contributed by atoms with Gasteiger partial charge in [0.15, 0.2) is 11.6 Å². The summed E-state index contributed by atoms with van der Waals surface area (Å²) < 4.78 is 0. The molecule has 206 valence electrons. The van der Waals surface area contributed by atoms with Gasteiger partial charge in [-0.25, -0.2) is 5.06 Å². The van der Waals surface area contributed by atoms with Crippen molar-refractivity contribution in [1.82, 2.24) is 5.06 Å². The molecule has 3 atom stereocenters. The zero-order valence-corrected chi connectivity index (χ0v) is 23.8. The number of aliphatic hydroxyl groups excluding tert-OH is 1. The van der Waals surface area contributed by atoms with Crippen LogP contribution in [0.15, 0.2) is 45.8 Å². The summed E-state index contributed by atoms with van der Waals surface area (Å²) >= 11 is 0. The van der Waals surface area contributed by atoms with Crippen molar-refractivity contribution in [2.75, 3.05) is 0 Å². The Morgan fingerprint density at radius 3 is 2.03 bits per heavy atom. The van der Waals surface area contributed by atoms with Crippen LogP contribution in [-0.4, -0.2) is 45.6 Å². The summed E-state index contributed by atoms with van der Waals surface area (Å²) in [5.41, 5.74) is 0.633. The number of Topliss-reactive ketones (excluding diaryl/α,β-unsaturated/α-hetero) is 3. The molecule has 0 radical (unpaired) electrons. The number of amides is 1. The van der Waals surface area contributed by atoms with E-state index < -0.39 is 46.3 Å². The van der Waals surface area contributed by atoms with Gasteiger partial charge in [-0.05, 0) is 48.3 Å². The molecule has 0 spiro atoms. The Kier molecular flexibility index (Phi) is 7.47. The second kappa shape index (κ2) is 10.1. The topological polar surface area (TPSA) is 101 Å². The number of hydrogen-bond acceptors (Lipinski definition) is 6. The van der Waals surface area contributed by atoms with Gasteiger partial charge < -0.3 is 5.11 Å². The molecule has 1 saturated carbocycles. The summed E-state index contributed by atoms with van der Waals surface area (Å²) in [5, 5.41) is 12.7. The van der Waals surface area contributed by atoms with Crippen LogP contribution in [0.25, 0.3) is 0 Å². The minimum absolute atomic E-state index is 0.00121. The first-order valence-corrected chi connectivity index (χ1v) is 13.9. The average Bonchev–Trinajstić information content (AvgIpc) is 3.17. The second-order valence-electron chi connectivity index (χ2n) is 13.1. The lowest BCUT2D eigenvalue weighted by molar-refractivity contribution is -0.184. The van der Waals surface area contributed by atoms with E-state index in [1.54, 1.807) is 12.2 Å². The van der Waals surface area contributed by atoms with Crippen LogP contribution in [0.2, 0.25) is 0 Å². The van der Waals surface area contributed by atoms with E-state index in [0.29, 0.717) is 35.1 Å². The van der Waals surface area contributed by atoms with Gasteiger partial charge in [0.05, 0.1) is 12.0 Å². The molecule has 38 heavy (non-hydrogen) atoms. The third-order valence-corrected chi connectivity index (χ3v) is 8.10. The molecule has 0 aromatic rings. The minimum atomic E-state index is -0.874. The summed E-state index contributed by atoms with van der Waals surface area (Å²) in [6.07, 6.45) is 8.66. The van der Waals surface area contributed by atoms with Crippen molar-refractivity contribution in [3.63, 3.8) is 0 Å². The Morgan fingerprint density at radius 1 is 0.921 bits per heavy atom. The Bertz CT molecular complexity index is 1160. The lowest BCUT2D eigenvalue weighted by atomic mass is 9.70. The van der Waals surface area contributed by atoms with Gasteiger partial charge in [-0.2, -0.15) is 0 Å². The highest BCUT2D eigenvalue weighted by atomic mass is 16.7. The summed E-state index contributed by atoms with van der Waals surface area (Å²) in [6.45, 7) is 13.0. The highest BCUT2D eigenvalue weighted by Gasteiger charge is 2.55. The highest BCUT2D eigenvalue weighted by Crippen LogP contribution is 2.47. The smallest absolute Gasteiger partial charge is 0.285 e. The molecule has 1 saturated heterocycles. The normalized spacial score (nSPS) is 27.7. The van der Waals surface area contributed by atoms with E-state index in [-0.39, 0.29) is 17.1 Å². The second-order valence-corrected chi connectivity index (χ2v) is 13.1. The van der Waals surface area contributed by atoms with E-state index in [4.69, 9.17) is 4.84 Å². The van der Waals surface area contributed by atoms with Crippen molar-refractivity contribution < 1.29 is 29.1 Å². The summed E-state index contributed by atoms with van der Waals surface area (Å²) in [4.78, 5) is 59.5. The summed E-state index contributed by atoms with van der Waals surface area (Å²) in [6, 6.07) is -0.874. The number of carbonyl (C=O) groups is 4. The van der Waals surface area contributed by atoms with Crippen LogP contribution in [0.3, 0.4) is 0 Å². The zero-order valence-electron chi connectivity index (χ0n) is 23.8. The first-order chi connectivity index (χ1) is 17.6. The fraction of sp³-hybridized carbons (Fsp3) is 0.613. The Morgan fingerprint density at radius 2 is 1.47 bits per heavy atom. The SMILES string of the molecule is CC(=O)C1=C(O)C(=C2C=C(C(C)(C)C)C(=O)C(C(C)(C)C)=C2)[C@@H]2[C@H]3C(=O)CCCCCCC[C@H]3ON2C1=O. The summed E-state index contributed by atoms with van der Waals surface area (Å²) in [5.74, 6) is -2.44. The molecule has 1 amide bonds. The fourth-order valence-electron chi connectivity index (χ4n) is 6.06. The predicted octanol–water partition coefficient (Wildman–Crippen LogP) is 5.67. The number of ketones is 3. The molecule has 0 aromatic carbocycles. The molecule has 0 bridgehead atoms. The number of hydrogen-bond donors (Lipinski definition) is 1. The number of nitrogens with zero attached hydrogens (tertiary/aromatic N) is 1. The molecule has 7 nitrogen and oxygen atoms in total. The maximum absolute atomic E-state index is 13.6. The first-order valence-electron chi connectivity index (χ1n) is 13.9. The van der Waals surface area contributed by atoms with Gasteiger partial charge in [-0.1, -0.05) is 67.2 Å². The highest BCUT2D eigenvalue weighted by molar-refractivity contribution is 6.20. The third kappa shape index (κ3) is 4.97. The van der Waals surface area contributed by atoms with E-state index >= 15 is 0 Å². The molecular formula is C31H41NO6. The van der Waals surface area contributed by atoms with Crippen LogP contribution in [-0.2, 0) is 24.0 Å². The molecule has 2 aliphatic heterocycles. The van der Waals surface area contributed by atoms with Crippen molar-refractivity contribution in [3.05, 3.63) is 45.8 Å². The molecule has 2 aliphatic carbocycles. The first kappa shape index (κ1) is 28.2. The number of aliphatic hydroxyl groups is 1. The maximum Gasteiger partial charge on any atom is 0.285 e. The van der Waals surface area contributed by atoms with Gasteiger partial charge in [0.2, 0.25) is 0 Å². The van der Waals surface area contributed by atoms with Gasteiger partial charge >= 0.3 is 0 Å². The van der Waals surface area contributed by atoms with Crippen molar-refractivity contribution in [2.24, 2.45) is 16.7 Å². The van der Waals surface area contributed by atoms with E-state index in [0.717, 1.165) is 37.2 Å². The maximum atomic E-state index is 13.6. The number of fused-ring (bicyclic) bond motifs is 3. The lowest BCUT2D eigenvalue weighted by Crippen LogP contribution is -2.47. The third-order valence-electron chi connectivity index (χ3n) is 8.10. The minimum Gasteiger partial charge on any atom is -0.507 e. The van der Waals surface area contributed by atoms with E-state index in [9.17, 15) is 24.3 Å². The van der Waals surface area contributed by atoms with Crippen molar-refractivity contribution in [2.45, 2.75) is 106 Å². The van der Waals surface area contributed by atoms with Crippen molar-refractivity contribution in [1.29, 1.82) is 0 Å². The molecule has 4 aliphatic rings. The van der Waals surface area contributed by atoms with Gasteiger partial charge in [0.25, 0.3) is 5.91 Å². The van der Waals surface area contributed by atoms with Gasteiger partial charge in [0, 0.05) is 23.1 Å². The molecule has 0 unspecified atom stereocenters. The quantitative estimate of drug-likeness (QED) is 0.445. The molecule has 0 aromatic heterocycles. The number of allylic oxidation sites excluding steroid dienone is 5. The largest absolute Gasteiger partial charge is 0.507 e. The fourth-order valence-corrected chi connectivity index (χ4v) is 6.06. The van der Waals surface area contributed by atoms with E-state index in [1.165, 1.54) is 6.92 Å². The van der Waals surface area contributed by atoms with Crippen LogP contribution < -0.4 is 0 Å². The molecule has 7 heteroatoms.